The first kappa shape index (κ1) is 17.2. The highest BCUT2D eigenvalue weighted by Crippen LogP contribution is 2.15. The SMILES string of the molecule is O=C(Nc1ccc(CCCC2=NCCC2)cc1)OCc1ccccc1. The van der Waals surface area contributed by atoms with Crippen LogP contribution in [0.15, 0.2) is 59.6 Å². The van der Waals surface area contributed by atoms with Gasteiger partial charge in [-0.25, -0.2) is 4.79 Å². The Labute approximate surface area is 148 Å². The Bertz CT molecular complexity index is 708. The van der Waals surface area contributed by atoms with Gasteiger partial charge in [0.25, 0.3) is 0 Å². The first-order chi connectivity index (χ1) is 12.3. The molecule has 0 bridgehead atoms. The van der Waals surface area contributed by atoms with E-state index >= 15 is 0 Å². The van der Waals surface area contributed by atoms with Crippen molar-refractivity contribution in [2.45, 2.75) is 38.7 Å². The Hall–Kier alpha value is -2.62. The van der Waals surface area contributed by atoms with Crippen LogP contribution in [0, 0.1) is 0 Å². The summed E-state index contributed by atoms with van der Waals surface area (Å²) in [5.41, 5.74) is 4.38. The molecule has 130 valence electrons. The van der Waals surface area contributed by atoms with E-state index in [1.807, 2.05) is 42.5 Å². The molecule has 1 heterocycles. The Morgan fingerprint density at radius 2 is 1.80 bits per heavy atom. The fourth-order valence-corrected chi connectivity index (χ4v) is 2.93. The van der Waals surface area contributed by atoms with Crippen LogP contribution >= 0.6 is 0 Å². The van der Waals surface area contributed by atoms with Crippen molar-refractivity contribution in [3.63, 3.8) is 0 Å². The molecule has 0 aliphatic carbocycles. The van der Waals surface area contributed by atoms with Gasteiger partial charge in [0, 0.05) is 17.9 Å². The van der Waals surface area contributed by atoms with Crippen molar-refractivity contribution >= 4 is 17.5 Å². The third-order valence-electron chi connectivity index (χ3n) is 4.30. The third kappa shape index (κ3) is 5.75. The van der Waals surface area contributed by atoms with Crippen LogP contribution in [0.1, 0.15) is 36.8 Å². The summed E-state index contributed by atoms with van der Waals surface area (Å²) in [7, 11) is 0. The van der Waals surface area contributed by atoms with Crippen LogP contribution in [0.3, 0.4) is 0 Å². The average molecular weight is 336 g/mol. The Morgan fingerprint density at radius 1 is 1.00 bits per heavy atom. The highest BCUT2D eigenvalue weighted by Gasteiger charge is 2.06. The molecule has 2 aromatic rings. The Kier molecular flexibility index (Phi) is 6.21. The molecule has 0 saturated heterocycles. The summed E-state index contributed by atoms with van der Waals surface area (Å²) in [5, 5.41) is 2.76. The van der Waals surface area contributed by atoms with E-state index in [1.165, 1.54) is 24.1 Å². The zero-order valence-electron chi connectivity index (χ0n) is 14.4. The van der Waals surface area contributed by atoms with Gasteiger partial charge >= 0.3 is 6.09 Å². The predicted molar refractivity (Wildman–Crippen MR) is 101 cm³/mol. The van der Waals surface area contributed by atoms with Crippen molar-refractivity contribution in [2.75, 3.05) is 11.9 Å². The number of amides is 1. The van der Waals surface area contributed by atoms with Gasteiger partial charge in [0.15, 0.2) is 0 Å². The first-order valence-electron chi connectivity index (χ1n) is 8.88. The molecule has 0 spiro atoms. The summed E-state index contributed by atoms with van der Waals surface area (Å²) in [6.07, 6.45) is 5.23. The summed E-state index contributed by atoms with van der Waals surface area (Å²) in [4.78, 5) is 16.4. The predicted octanol–water partition coefficient (Wildman–Crippen LogP) is 4.99. The lowest BCUT2D eigenvalue weighted by Crippen LogP contribution is -2.13. The lowest BCUT2D eigenvalue weighted by atomic mass is 10.0. The standard InChI is InChI=1S/C21H24N2O2/c24-21(25-16-18-6-2-1-3-7-18)23-20-13-11-17(12-14-20)8-4-9-19-10-5-15-22-19/h1-3,6-7,11-14H,4-5,8-10,15-16H2,(H,23,24). The zero-order chi connectivity index (χ0) is 17.3. The van der Waals surface area contributed by atoms with Gasteiger partial charge in [-0.05, 0) is 55.4 Å². The molecule has 0 atom stereocenters. The van der Waals surface area contributed by atoms with Crippen LogP contribution in [0.4, 0.5) is 10.5 Å². The number of aliphatic imine (C=N–C) groups is 1. The minimum atomic E-state index is -0.434. The number of rotatable bonds is 7. The normalized spacial score (nSPS) is 13.4. The number of nitrogens with zero attached hydrogens (tertiary/aromatic N) is 1. The number of aryl methyl sites for hydroxylation is 1. The molecular weight excluding hydrogens is 312 g/mol. The number of hydrogen-bond donors (Lipinski definition) is 1. The maximum atomic E-state index is 11.8. The second kappa shape index (κ2) is 9.02. The molecule has 0 fully saturated rings. The van der Waals surface area contributed by atoms with Crippen LogP contribution in [0.25, 0.3) is 0 Å². The van der Waals surface area contributed by atoms with E-state index in [-0.39, 0.29) is 6.61 Å². The molecule has 0 unspecified atom stereocenters. The van der Waals surface area contributed by atoms with Gasteiger partial charge in [0.2, 0.25) is 0 Å². The van der Waals surface area contributed by atoms with E-state index in [4.69, 9.17) is 4.74 Å². The summed E-state index contributed by atoms with van der Waals surface area (Å²) in [5.74, 6) is 0. The highest BCUT2D eigenvalue weighted by atomic mass is 16.5. The number of ether oxygens (including phenoxy) is 1. The topological polar surface area (TPSA) is 50.7 Å². The molecule has 0 radical (unpaired) electrons. The van der Waals surface area contributed by atoms with Gasteiger partial charge in [-0.15, -0.1) is 0 Å². The van der Waals surface area contributed by atoms with Crippen LogP contribution < -0.4 is 5.32 Å². The summed E-state index contributed by atoms with van der Waals surface area (Å²) >= 11 is 0. The van der Waals surface area contributed by atoms with Gasteiger partial charge in [-0.3, -0.25) is 10.3 Å². The molecule has 1 aliphatic heterocycles. The highest BCUT2D eigenvalue weighted by molar-refractivity contribution is 5.85. The molecule has 25 heavy (non-hydrogen) atoms. The van der Waals surface area contributed by atoms with Gasteiger partial charge in [0.05, 0.1) is 0 Å². The van der Waals surface area contributed by atoms with E-state index in [0.717, 1.165) is 37.1 Å². The minimum absolute atomic E-state index is 0.272. The molecule has 1 N–H and O–H groups in total. The van der Waals surface area contributed by atoms with Crippen LogP contribution in [-0.2, 0) is 17.8 Å². The molecular formula is C21H24N2O2. The molecule has 1 aliphatic rings. The zero-order valence-corrected chi connectivity index (χ0v) is 14.4. The van der Waals surface area contributed by atoms with E-state index in [2.05, 4.69) is 22.4 Å². The van der Waals surface area contributed by atoms with E-state index < -0.39 is 6.09 Å². The number of nitrogens with one attached hydrogen (secondary N) is 1. The number of carbonyl (C=O) groups is 1. The average Bonchev–Trinajstić information content (AvgIpc) is 3.16. The maximum absolute atomic E-state index is 11.8. The van der Waals surface area contributed by atoms with Crippen molar-refractivity contribution in [3.8, 4) is 0 Å². The Morgan fingerprint density at radius 3 is 2.52 bits per heavy atom. The van der Waals surface area contributed by atoms with Crippen molar-refractivity contribution in [3.05, 3.63) is 65.7 Å². The molecule has 1 amide bonds. The molecule has 0 aromatic heterocycles. The molecule has 4 nitrogen and oxygen atoms in total. The van der Waals surface area contributed by atoms with Crippen LogP contribution in [0.5, 0.6) is 0 Å². The van der Waals surface area contributed by atoms with E-state index in [0.29, 0.717) is 0 Å². The fourth-order valence-electron chi connectivity index (χ4n) is 2.93. The summed E-state index contributed by atoms with van der Waals surface area (Å²) in [6.45, 7) is 1.28. The maximum Gasteiger partial charge on any atom is 0.411 e. The van der Waals surface area contributed by atoms with Gasteiger partial charge in [-0.1, -0.05) is 42.5 Å². The molecule has 2 aromatic carbocycles. The summed E-state index contributed by atoms with van der Waals surface area (Å²) in [6, 6.07) is 17.6. The molecule has 0 saturated carbocycles. The fraction of sp³-hybridized carbons (Fsp3) is 0.333. The van der Waals surface area contributed by atoms with Gasteiger partial charge in [-0.2, -0.15) is 0 Å². The van der Waals surface area contributed by atoms with Crippen molar-refractivity contribution in [1.82, 2.24) is 0 Å². The van der Waals surface area contributed by atoms with Crippen molar-refractivity contribution in [1.29, 1.82) is 0 Å². The lowest BCUT2D eigenvalue weighted by molar-refractivity contribution is 0.155. The smallest absolute Gasteiger partial charge is 0.411 e. The number of anilines is 1. The number of benzene rings is 2. The second-order valence-electron chi connectivity index (χ2n) is 6.29. The van der Waals surface area contributed by atoms with E-state index in [9.17, 15) is 4.79 Å². The van der Waals surface area contributed by atoms with Crippen molar-refractivity contribution in [2.24, 2.45) is 4.99 Å². The van der Waals surface area contributed by atoms with Crippen molar-refractivity contribution < 1.29 is 9.53 Å². The quantitative estimate of drug-likeness (QED) is 0.774. The second-order valence-corrected chi connectivity index (χ2v) is 6.29. The summed E-state index contributed by atoms with van der Waals surface area (Å²) < 4.78 is 5.22. The number of carbonyl (C=O) groups excluding carboxylic acids is 1. The lowest BCUT2D eigenvalue weighted by Gasteiger charge is -2.08. The molecule has 4 heteroatoms. The minimum Gasteiger partial charge on any atom is -0.444 e. The van der Waals surface area contributed by atoms with Gasteiger partial charge in [0.1, 0.15) is 6.61 Å². The van der Waals surface area contributed by atoms with Crippen LogP contribution in [-0.4, -0.2) is 18.3 Å². The Balaban J connectivity index is 1.40. The van der Waals surface area contributed by atoms with Crippen LogP contribution in [0.2, 0.25) is 0 Å². The third-order valence-corrected chi connectivity index (χ3v) is 4.30. The monoisotopic (exact) mass is 336 g/mol. The molecule has 3 rings (SSSR count). The largest absolute Gasteiger partial charge is 0.444 e. The van der Waals surface area contributed by atoms with E-state index in [1.54, 1.807) is 0 Å². The number of hydrogen-bond acceptors (Lipinski definition) is 3. The van der Waals surface area contributed by atoms with Gasteiger partial charge < -0.3 is 4.74 Å². The first-order valence-corrected chi connectivity index (χ1v) is 8.88.